The van der Waals surface area contributed by atoms with Gasteiger partial charge in [0.25, 0.3) is 0 Å². The fourth-order valence-corrected chi connectivity index (χ4v) is 1.82. The zero-order valence-electron chi connectivity index (χ0n) is 8.19. The first-order valence-corrected chi connectivity index (χ1v) is 5.14. The summed E-state index contributed by atoms with van der Waals surface area (Å²) in [6.45, 7) is 0. The normalized spacial score (nSPS) is 27.2. The lowest BCUT2D eigenvalue weighted by Gasteiger charge is -2.26. The van der Waals surface area contributed by atoms with Crippen LogP contribution in [0.5, 0.6) is 0 Å². The largest absolute Gasteiger partial charge is 0.351 e. The molecule has 4 heteroatoms. The first-order chi connectivity index (χ1) is 6.84. The van der Waals surface area contributed by atoms with E-state index in [4.69, 9.17) is 5.73 Å². The van der Waals surface area contributed by atoms with Crippen molar-refractivity contribution in [1.82, 2.24) is 9.97 Å². The molecule has 0 saturated heterocycles. The van der Waals surface area contributed by atoms with Crippen LogP contribution in [0.3, 0.4) is 0 Å². The van der Waals surface area contributed by atoms with E-state index in [1.165, 1.54) is 0 Å². The van der Waals surface area contributed by atoms with Crippen LogP contribution in [0.2, 0.25) is 0 Å². The molecule has 0 unspecified atom stereocenters. The van der Waals surface area contributed by atoms with Crippen LogP contribution < -0.4 is 11.1 Å². The molecule has 3 N–H and O–H groups in total. The highest BCUT2D eigenvalue weighted by Crippen LogP contribution is 2.19. The van der Waals surface area contributed by atoms with Gasteiger partial charge in [0.1, 0.15) is 0 Å². The van der Waals surface area contributed by atoms with Gasteiger partial charge in [-0.15, -0.1) is 0 Å². The Kier molecular flexibility index (Phi) is 2.93. The number of nitrogens with one attached hydrogen (secondary N) is 1. The summed E-state index contributed by atoms with van der Waals surface area (Å²) in [4.78, 5) is 8.28. The van der Waals surface area contributed by atoms with Crippen molar-refractivity contribution in [3.63, 3.8) is 0 Å². The molecule has 1 aliphatic carbocycles. The fourth-order valence-electron chi connectivity index (χ4n) is 1.82. The van der Waals surface area contributed by atoms with Gasteiger partial charge in [0, 0.05) is 24.5 Å². The molecule has 0 spiro atoms. The van der Waals surface area contributed by atoms with Crippen molar-refractivity contribution in [1.29, 1.82) is 0 Å². The van der Waals surface area contributed by atoms with E-state index in [-0.39, 0.29) is 0 Å². The third kappa shape index (κ3) is 2.42. The Morgan fingerprint density at radius 2 is 1.79 bits per heavy atom. The molecule has 1 aromatic heterocycles. The SMILES string of the molecule is N[C@H]1CC[C@@H](Nc2ncccn2)CC1. The Balaban J connectivity index is 1.87. The second-order valence-electron chi connectivity index (χ2n) is 3.83. The van der Waals surface area contributed by atoms with E-state index in [1.807, 2.05) is 6.07 Å². The Morgan fingerprint density at radius 1 is 1.14 bits per heavy atom. The maximum Gasteiger partial charge on any atom is 0.222 e. The number of anilines is 1. The van der Waals surface area contributed by atoms with Crippen LogP contribution in [0.4, 0.5) is 5.95 Å². The third-order valence-electron chi connectivity index (χ3n) is 2.67. The molecule has 0 atom stereocenters. The highest BCUT2D eigenvalue weighted by molar-refractivity contribution is 5.24. The Hall–Kier alpha value is -1.16. The second-order valence-corrected chi connectivity index (χ2v) is 3.83. The van der Waals surface area contributed by atoms with Crippen LogP contribution in [0.15, 0.2) is 18.5 Å². The van der Waals surface area contributed by atoms with Gasteiger partial charge in [0.2, 0.25) is 5.95 Å². The van der Waals surface area contributed by atoms with E-state index in [0.717, 1.165) is 31.6 Å². The summed E-state index contributed by atoms with van der Waals surface area (Å²) in [5, 5.41) is 3.32. The minimum absolute atomic E-state index is 0.393. The highest BCUT2D eigenvalue weighted by atomic mass is 15.1. The molecule has 0 bridgehead atoms. The number of rotatable bonds is 2. The van der Waals surface area contributed by atoms with Gasteiger partial charge in [0.05, 0.1) is 0 Å². The Bertz CT molecular complexity index is 267. The van der Waals surface area contributed by atoms with Crippen LogP contribution in [0.25, 0.3) is 0 Å². The molecule has 0 radical (unpaired) electrons. The molecule has 1 saturated carbocycles. The average Bonchev–Trinajstić information content (AvgIpc) is 2.23. The molecule has 76 valence electrons. The number of hydrogen-bond donors (Lipinski definition) is 2. The van der Waals surface area contributed by atoms with E-state index in [1.54, 1.807) is 12.4 Å². The number of aromatic nitrogens is 2. The number of nitrogens with zero attached hydrogens (tertiary/aromatic N) is 2. The molecule has 0 aromatic carbocycles. The van der Waals surface area contributed by atoms with Crippen molar-refractivity contribution in [2.45, 2.75) is 37.8 Å². The van der Waals surface area contributed by atoms with Crippen LogP contribution in [0.1, 0.15) is 25.7 Å². The maximum atomic E-state index is 5.83. The van der Waals surface area contributed by atoms with E-state index in [0.29, 0.717) is 12.1 Å². The molecule has 1 fully saturated rings. The van der Waals surface area contributed by atoms with Crippen molar-refractivity contribution in [3.05, 3.63) is 18.5 Å². The van der Waals surface area contributed by atoms with Crippen molar-refractivity contribution < 1.29 is 0 Å². The zero-order valence-corrected chi connectivity index (χ0v) is 8.19. The molecule has 1 aliphatic rings. The lowest BCUT2D eigenvalue weighted by atomic mass is 9.92. The summed E-state index contributed by atoms with van der Waals surface area (Å²) in [7, 11) is 0. The first kappa shape index (κ1) is 9.40. The molecule has 14 heavy (non-hydrogen) atoms. The van der Waals surface area contributed by atoms with Gasteiger partial charge in [-0.05, 0) is 31.7 Å². The van der Waals surface area contributed by atoms with Gasteiger partial charge in [-0.2, -0.15) is 0 Å². The number of hydrogen-bond acceptors (Lipinski definition) is 4. The number of nitrogens with two attached hydrogens (primary N) is 1. The Labute approximate surface area is 83.9 Å². The van der Waals surface area contributed by atoms with Gasteiger partial charge < -0.3 is 11.1 Å². The van der Waals surface area contributed by atoms with Crippen LogP contribution >= 0.6 is 0 Å². The van der Waals surface area contributed by atoms with Gasteiger partial charge in [-0.3, -0.25) is 0 Å². The van der Waals surface area contributed by atoms with Crippen LogP contribution in [0, 0.1) is 0 Å². The summed E-state index contributed by atoms with van der Waals surface area (Å²) < 4.78 is 0. The average molecular weight is 192 g/mol. The summed E-state index contributed by atoms with van der Waals surface area (Å²) in [6, 6.07) is 2.71. The van der Waals surface area contributed by atoms with E-state index >= 15 is 0 Å². The molecular weight excluding hydrogens is 176 g/mol. The zero-order chi connectivity index (χ0) is 9.80. The van der Waals surface area contributed by atoms with Crippen molar-refractivity contribution in [3.8, 4) is 0 Å². The predicted octanol–water partition coefficient (Wildman–Crippen LogP) is 1.16. The monoisotopic (exact) mass is 192 g/mol. The van der Waals surface area contributed by atoms with Crippen molar-refractivity contribution in [2.24, 2.45) is 5.73 Å². The molecule has 4 nitrogen and oxygen atoms in total. The van der Waals surface area contributed by atoms with Gasteiger partial charge >= 0.3 is 0 Å². The van der Waals surface area contributed by atoms with Crippen LogP contribution in [-0.4, -0.2) is 22.1 Å². The van der Waals surface area contributed by atoms with Crippen molar-refractivity contribution in [2.75, 3.05) is 5.32 Å². The Morgan fingerprint density at radius 3 is 2.43 bits per heavy atom. The van der Waals surface area contributed by atoms with Gasteiger partial charge in [0.15, 0.2) is 0 Å². The minimum atomic E-state index is 0.393. The van der Waals surface area contributed by atoms with Gasteiger partial charge in [-0.25, -0.2) is 9.97 Å². The van der Waals surface area contributed by atoms with E-state index < -0.39 is 0 Å². The molecule has 0 amide bonds. The predicted molar refractivity (Wildman–Crippen MR) is 55.9 cm³/mol. The van der Waals surface area contributed by atoms with Crippen molar-refractivity contribution >= 4 is 5.95 Å². The molecule has 2 rings (SSSR count). The lowest BCUT2D eigenvalue weighted by molar-refractivity contribution is 0.410. The quantitative estimate of drug-likeness (QED) is 0.738. The van der Waals surface area contributed by atoms with E-state index in [2.05, 4.69) is 15.3 Å². The summed E-state index contributed by atoms with van der Waals surface area (Å²) in [5.74, 6) is 0.730. The van der Waals surface area contributed by atoms with E-state index in [9.17, 15) is 0 Å². The molecule has 0 aliphatic heterocycles. The second kappa shape index (κ2) is 4.37. The summed E-state index contributed by atoms with van der Waals surface area (Å²) >= 11 is 0. The standard InChI is InChI=1S/C10H16N4/c11-8-2-4-9(5-3-8)14-10-12-6-1-7-13-10/h1,6-9H,2-5,11H2,(H,12,13,14)/t8-,9+. The topological polar surface area (TPSA) is 63.8 Å². The lowest BCUT2D eigenvalue weighted by Crippen LogP contribution is -2.33. The minimum Gasteiger partial charge on any atom is -0.351 e. The maximum absolute atomic E-state index is 5.83. The summed E-state index contributed by atoms with van der Waals surface area (Å²) in [5.41, 5.74) is 5.83. The fraction of sp³-hybridized carbons (Fsp3) is 0.600. The molecule has 1 aromatic rings. The highest BCUT2D eigenvalue weighted by Gasteiger charge is 2.18. The smallest absolute Gasteiger partial charge is 0.222 e. The van der Waals surface area contributed by atoms with Crippen LogP contribution in [-0.2, 0) is 0 Å². The third-order valence-corrected chi connectivity index (χ3v) is 2.67. The molecule has 1 heterocycles. The van der Waals surface area contributed by atoms with Gasteiger partial charge in [-0.1, -0.05) is 0 Å². The first-order valence-electron chi connectivity index (χ1n) is 5.14. The molecular formula is C10H16N4. The summed E-state index contributed by atoms with van der Waals surface area (Å²) in [6.07, 6.45) is 7.96.